The number of aryl methyl sites for hydroxylation is 2. The summed E-state index contributed by atoms with van der Waals surface area (Å²) in [6, 6.07) is 6.26. The fourth-order valence-corrected chi connectivity index (χ4v) is 2.81. The zero-order chi connectivity index (χ0) is 16.1. The molecule has 0 bridgehead atoms. The van der Waals surface area contributed by atoms with E-state index in [2.05, 4.69) is 43.2 Å². The standard InChI is InChI=1S/C18H26N2O2/c1-12(2)16(9-10-21)20-17(22)8-7-14-11-19-18-13(3)5-4-6-15(14)18/h4-6,11-12,16,19,21H,7-10H2,1-3H3,(H,20,22). The number of hydrogen-bond donors (Lipinski definition) is 3. The van der Waals surface area contributed by atoms with Crippen molar-refractivity contribution in [2.45, 2.75) is 46.1 Å². The van der Waals surface area contributed by atoms with Crippen LogP contribution in [0, 0.1) is 12.8 Å². The summed E-state index contributed by atoms with van der Waals surface area (Å²) >= 11 is 0. The van der Waals surface area contributed by atoms with Gasteiger partial charge in [0.2, 0.25) is 5.91 Å². The average Bonchev–Trinajstić information content (AvgIpc) is 2.89. The van der Waals surface area contributed by atoms with Crippen LogP contribution in [-0.2, 0) is 11.2 Å². The molecule has 1 aromatic heterocycles. The Labute approximate surface area is 131 Å². The van der Waals surface area contributed by atoms with Crippen molar-refractivity contribution in [1.29, 1.82) is 0 Å². The summed E-state index contributed by atoms with van der Waals surface area (Å²) in [5, 5.41) is 13.3. The summed E-state index contributed by atoms with van der Waals surface area (Å²) in [5.41, 5.74) is 3.55. The molecule has 0 aliphatic rings. The number of benzene rings is 1. The van der Waals surface area contributed by atoms with Crippen LogP contribution in [0.5, 0.6) is 0 Å². The number of aliphatic hydroxyl groups excluding tert-OH is 1. The fourth-order valence-electron chi connectivity index (χ4n) is 2.81. The van der Waals surface area contributed by atoms with Gasteiger partial charge in [-0.3, -0.25) is 4.79 Å². The number of fused-ring (bicyclic) bond motifs is 1. The Morgan fingerprint density at radius 2 is 2.14 bits per heavy atom. The number of hydrogen-bond acceptors (Lipinski definition) is 2. The van der Waals surface area contributed by atoms with Crippen molar-refractivity contribution in [3.63, 3.8) is 0 Å². The minimum atomic E-state index is 0.0442. The van der Waals surface area contributed by atoms with E-state index in [1.807, 2.05) is 12.3 Å². The highest BCUT2D eigenvalue weighted by molar-refractivity contribution is 5.86. The summed E-state index contributed by atoms with van der Waals surface area (Å²) in [7, 11) is 0. The topological polar surface area (TPSA) is 65.1 Å². The second-order valence-corrected chi connectivity index (χ2v) is 6.24. The van der Waals surface area contributed by atoms with Crippen LogP contribution in [0.25, 0.3) is 10.9 Å². The van der Waals surface area contributed by atoms with Gasteiger partial charge in [0.15, 0.2) is 0 Å². The largest absolute Gasteiger partial charge is 0.396 e. The highest BCUT2D eigenvalue weighted by atomic mass is 16.3. The second-order valence-electron chi connectivity index (χ2n) is 6.24. The van der Waals surface area contributed by atoms with Gasteiger partial charge in [0.25, 0.3) is 0 Å². The highest BCUT2D eigenvalue weighted by Crippen LogP contribution is 2.22. The molecule has 1 amide bonds. The Kier molecular flexibility index (Phi) is 5.61. The molecule has 2 rings (SSSR count). The predicted molar refractivity (Wildman–Crippen MR) is 89.8 cm³/mol. The monoisotopic (exact) mass is 302 g/mol. The van der Waals surface area contributed by atoms with E-state index in [0.29, 0.717) is 18.8 Å². The average molecular weight is 302 g/mol. The van der Waals surface area contributed by atoms with Gasteiger partial charge in [-0.05, 0) is 36.8 Å². The van der Waals surface area contributed by atoms with Crippen molar-refractivity contribution in [2.75, 3.05) is 6.61 Å². The van der Waals surface area contributed by atoms with Crippen LogP contribution in [0.3, 0.4) is 0 Å². The first-order valence-corrected chi connectivity index (χ1v) is 7.98. The molecule has 0 saturated heterocycles. The normalized spacial score (nSPS) is 12.8. The van der Waals surface area contributed by atoms with Gasteiger partial charge in [-0.25, -0.2) is 0 Å². The summed E-state index contributed by atoms with van der Waals surface area (Å²) in [6.07, 6.45) is 3.79. The molecule has 120 valence electrons. The van der Waals surface area contributed by atoms with Gasteiger partial charge in [-0.1, -0.05) is 32.0 Å². The van der Waals surface area contributed by atoms with E-state index in [9.17, 15) is 4.79 Å². The molecule has 0 aliphatic heterocycles. The lowest BCUT2D eigenvalue weighted by Gasteiger charge is -2.21. The van der Waals surface area contributed by atoms with Gasteiger partial charge in [0, 0.05) is 36.2 Å². The van der Waals surface area contributed by atoms with Crippen molar-refractivity contribution in [2.24, 2.45) is 5.92 Å². The first-order valence-electron chi connectivity index (χ1n) is 7.98. The summed E-state index contributed by atoms with van der Waals surface area (Å²) in [5.74, 6) is 0.376. The van der Waals surface area contributed by atoms with Crippen LogP contribution in [0.4, 0.5) is 0 Å². The van der Waals surface area contributed by atoms with E-state index < -0.39 is 0 Å². The molecule has 2 aromatic rings. The molecule has 0 radical (unpaired) electrons. The molecule has 4 heteroatoms. The molecule has 3 N–H and O–H groups in total. The van der Waals surface area contributed by atoms with E-state index in [4.69, 9.17) is 5.11 Å². The minimum absolute atomic E-state index is 0.0442. The first kappa shape index (κ1) is 16.6. The maximum Gasteiger partial charge on any atom is 0.220 e. The summed E-state index contributed by atoms with van der Waals surface area (Å²) in [4.78, 5) is 15.4. The molecule has 22 heavy (non-hydrogen) atoms. The number of aliphatic hydroxyl groups is 1. The molecular formula is C18H26N2O2. The molecule has 0 aliphatic carbocycles. The van der Waals surface area contributed by atoms with Gasteiger partial charge in [-0.15, -0.1) is 0 Å². The van der Waals surface area contributed by atoms with Gasteiger partial charge < -0.3 is 15.4 Å². The van der Waals surface area contributed by atoms with Crippen LogP contribution in [0.1, 0.15) is 37.8 Å². The van der Waals surface area contributed by atoms with Crippen molar-refractivity contribution in [1.82, 2.24) is 10.3 Å². The maximum absolute atomic E-state index is 12.1. The number of aromatic amines is 1. The Balaban J connectivity index is 1.96. The van der Waals surface area contributed by atoms with Crippen LogP contribution in [0.15, 0.2) is 24.4 Å². The Morgan fingerprint density at radius 3 is 2.82 bits per heavy atom. The number of nitrogens with one attached hydrogen (secondary N) is 2. The van der Waals surface area contributed by atoms with Crippen molar-refractivity contribution in [3.05, 3.63) is 35.5 Å². The van der Waals surface area contributed by atoms with Crippen molar-refractivity contribution < 1.29 is 9.90 Å². The third kappa shape index (κ3) is 3.89. The third-order valence-corrected chi connectivity index (χ3v) is 4.22. The number of amides is 1. The lowest BCUT2D eigenvalue weighted by atomic mass is 10.0. The summed E-state index contributed by atoms with van der Waals surface area (Å²) in [6.45, 7) is 6.30. The summed E-state index contributed by atoms with van der Waals surface area (Å²) < 4.78 is 0. The number of rotatable bonds is 7. The van der Waals surface area contributed by atoms with Crippen LogP contribution < -0.4 is 5.32 Å². The molecule has 4 nitrogen and oxygen atoms in total. The van der Waals surface area contributed by atoms with Crippen LogP contribution >= 0.6 is 0 Å². The molecule has 0 spiro atoms. The van der Waals surface area contributed by atoms with Crippen molar-refractivity contribution >= 4 is 16.8 Å². The lowest BCUT2D eigenvalue weighted by Crippen LogP contribution is -2.39. The number of aromatic nitrogens is 1. The Bertz CT molecular complexity index is 631. The van der Waals surface area contributed by atoms with Gasteiger partial charge in [-0.2, -0.15) is 0 Å². The van der Waals surface area contributed by atoms with Crippen molar-refractivity contribution in [3.8, 4) is 0 Å². The molecule has 0 fully saturated rings. The third-order valence-electron chi connectivity index (χ3n) is 4.22. The predicted octanol–water partition coefficient (Wildman–Crippen LogP) is 2.93. The highest BCUT2D eigenvalue weighted by Gasteiger charge is 2.16. The molecule has 0 saturated carbocycles. The molecule has 1 aromatic carbocycles. The number of carbonyl (C=O) groups is 1. The molecule has 1 unspecified atom stereocenters. The van der Waals surface area contributed by atoms with Gasteiger partial charge >= 0.3 is 0 Å². The first-order chi connectivity index (χ1) is 10.5. The minimum Gasteiger partial charge on any atom is -0.396 e. The molecule has 1 heterocycles. The second kappa shape index (κ2) is 7.45. The maximum atomic E-state index is 12.1. The zero-order valence-electron chi connectivity index (χ0n) is 13.6. The van der Waals surface area contributed by atoms with E-state index in [-0.39, 0.29) is 18.6 Å². The Hall–Kier alpha value is -1.81. The zero-order valence-corrected chi connectivity index (χ0v) is 13.6. The van der Waals surface area contributed by atoms with Crippen LogP contribution in [0.2, 0.25) is 0 Å². The van der Waals surface area contributed by atoms with E-state index in [1.165, 1.54) is 16.5 Å². The van der Waals surface area contributed by atoms with Crippen LogP contribution in [-0.4, -0.2) is 28.6 Å². The number of carbonyl (C=O) groups excluding carboxylic acids is 1. The molecular weight excluding hydrogens is 276 g/mol. The van der Waals surface area contributed by atoms with Gasteiger partial charge in [0.05, 0.1) is 0 Å². The quantitative estimate of drug-likeness (QED) is 0.736. The van der Waals surface area contributed by atoms with E-state index in [1.54, 1.807) is 0 Å². The number of H-pyrrole nitrogens is 1. The molecule has 1 atom stereocenters. The number of para-hydroxylation sites is 1. The van der Waals surface area contributed by atoms with E-state index >= 15 is 0 Å². The van der Waals surface area contributed by atoms with Gasteiger partial charge in [0.1, 0.15) is 0 Å². The smallest absolute Gasteiger partial charge is 0.220 e. The SMILES string of the molecule is Cc1cccc2c(CCC(=O)NC(CCO)C(C)C)c[nH]c12. The fraction of sp³-hybridized carbons (Fsp3) is 0.500. The van der Waals surface area contributed by atoms with E-state index in [0.717, 1.165) is 11.9 Å². The lowest BCUT2D eigenvalue weighted by molar-refractivity contribution is -0.122. The Morgan fingerprint density at radius 1 is 1.36 bits per heavy atom.